The van der Waals surface area contributed by atoms with Gasteiger partial charge in [-0.2, -0.15) is 0 Å². The van der Waals surface area contributed by atoms with E-state index in [1.165, 1.54) is 12.1 Å². The summed E-state index contributed by atoms with van der Waals surface area (Å²) >= 11 is 0. The molecule has 1 aliphatic rings. The summed E-state index contributed by atoms with van der Waals surface area (Å²) in [6.07, 6.45) is -1.18. The van der Waals surface area contributed by atoms with Gasteiger partial charge in [0.2, 0.25) is 0 Å². The monoisotopic (exact) mass is 360 g/mol. The van der Waals surface area contributed by atoms with Crippen LogP contribution < -0.4 is 15.4 Å². The van der Waals surface area contributed by atoms with Gasteiger partial charge < -0.3 is 19.5 Å². The zero-order valence-corrected chi connectivity index (χ0v) is 14.4. The number of carbonyl (C=O) groups is 1. The first-order valence-electron chi connectivity index (χ1n) is 8.33. The highest BCUT2D eigenvalue weighted by molar-refractivity contribution is 5.85. The predicted molar refractivity (Wildman–Crippen MR) is 94.7 cm³/mol. The van der Waals surface area contributed by atoms with Crippen molar-refractivity contribution in [3.05, 3.63) is 59.9 Å². The Morgan fingerprint density at radius 1 is 1.15 bits per heavy atom. The fourth-order valence-electron chi connectivity index (χ4n) is 2.71. The van der Waals surface area contributed by atoms with Crippen molar-refractivity contribution in [1.29, 1.82) is 0 Å². The van der Waals surface area contributed by atoms with Crippen LogP contribution in [0.5, 0.6) is 5.75 Å². The van der Waals surface area contributed by atoms with Crippen LogP contribution in [-0.4, -0.2) is 38.5 Å². The summed E-state index contributed by atoms with van der Waals surface area (Å²) in [5.41, 5.74) is 0.847. The lowest BCUT2D eigenvalue weighted by Crippen LogP contribution is -2.32. The fourth-order valence-corrected chi connectivity index (χ4v) is 2.71. The Balaban J connectivity index is 1.60. The second kappa shape index (κ2) is 8.64. The van der Waals surface area contributed by atoms with E-state index in [-0.39, 0.29) is 30.3 Å². The van der Waals surface area contributed by atoms with E-state index in [9.17, 15) is 9.18 Å². The molecular weight excluding hydrogens is 339 g/mol. The van der Waals surface area contributed by atoms with Gasteiger partial charge in [-0.3, -0.25) is 5.32 Å². The first kappa shape index (κ1) is 18.2. The van der Waals surface area contributed by atoms with Gasteiger partial charge in [0.25, 0.3) is 0 Å². The molecule has 1 amide bonds. The lowest BCUT2D eigenvalue weighted by Gasteiger charge is -2.20. The molecule has 2 aromatic rings. The second-order valence-corrected chi connectivity index (χ2v) is 5.89. The van der Waals surface area contributed by atoms with E-state index in [0.717, 1.165) is 5.56 Å². The van der Waals surface area contributed by atoms with Crippen LogP contribution in [0.3, 0.4) is 0 Å². The van der Waals surface area contributed by atoms with Gasteiger partial charge in [0.15, 0.2) is 11.6 Å². The van der Waals surface area contributed by atoms with Gasteiger partial charge in [-0.05, 0) is 17.7 Å². The molecule has 1 aliphatic heterocycles. The quantitative estimate of drug-likeness (QED) is 0.829. The standard InChI is InChI=1S/C19H21FN2O4/c1-24-16-10-21-11-17(16)26-15-9-5-8-14(18(15)20)22-19(23)25-12-13-6-3-2-4-7-13/h2-9,16-17,21H,10-12H2,1H3,(H,22,23). The largest absolute Gasteiger partial charge is 0.483 e. The van der Waals surface area contributed by atoms with Crippen molar-refractivity contribution in [3.8, 4) is 5.75 Å². The molecule has 0 aliphatic carbocycles. The number of methoxy groups -OCH3 is 1. The summed E-state index contributed by atoms with van der Waals surface area (Å²) in [6, 6.07) is 13.8. The number of halogens is 1. The third-order valence-electron chi connectivity index (χ3n) is 4.10. The van der Waals surface area contributed by atoms with Gasteiger partial charge in [-0.15, -0.1) is 0 Å². The molecule has 0 saturated carbocycles. The Kier molecular flexibility index (Phi) is 6.04. The minimum atomic E-state index is -0.734. The zero-order valence-electron chi connectivity index (χ0n) is 14.4. The Morgan fingerprint density at radius 2 is 1.92 bits per heavy atom. The van der Waals surface area contributed by atoms with E-state index in [0.29, 0.717) is 13.1 Å². The van der Waals surface area contributed by atoms with Gasteiger partial charge in [0.05, 0.1) is 5.69 Å². The number of hydrogen-bond acceptors (Lipinski definition) is 5. The van der Waals surface area contributed by atoms with Crippen molar-refractivity contribution >= 4 is 11.8 Å². The van der Waals surface area contributed by atoms with Crippen LogP contribution in [0.15, 0.2) is 48.5 Å². The molecule has 26 heavy (non-hydrogen) atoms. The Bertz CT molecular complexity index is 742. The highest BCUT2D eigenvalue weighted by atomic mass is 19.1. The third kappa shape index (κ3) is 4.50. The number of nitrogens with one attached hydrogen (secondary N) is 2. The number of benzene rings is 2. The number of ether oxygens (including phenoxy) is 3. The molecule has 7 heteroatoms. The molecule has 0 radical (unpaired) electrons. The highest BCUT2D eigenvalue weighted by Gasteiger charge is 2.29. The molecule has 1 saturated heterocycles. The van der Waals surface area contributed by atoms with Gasteiger partial charge in [-0.25, -0.2) is 9.18 Å². The van der Waals surface area contributed by atoms with Crippen molar-refractivity contribution in [3.63, 3.8) is 0 Å². The normalized spacial score (nSPS) is 19.2. The van der Waals surface area contributed by atoms with Crippen LogP contribution in [0.1, 0.15) is 5.56 Å². The molecule has 1 heterocycles. The Morgan fingerprint density at radius 3 is 2.69 bits per heavy atom. The first-order valence-corrected chi connectivity index (χ1v) is 8.33. The first-order chi connectivity index (χ1) is 12.7. The molecule has 2 atom stereocenters. The average molecular weight is 360 g/mol. The fraction of sp³-hybridized carbons (Fsp3) is 0.316. The smallest absolute Gasteiger partial charge is 0.412 e. The highest BCUT2D eigenvalue weighted by Crippen LogP contribution is 2.26. The summed E-state index contributed by atoms with van der Waals surface area (Å²) in [5, 5.41) is 5.54. The van der Waals surface area contributed by atoms with Crippen molar-refractivity contribution in [1.82, 2.24) is 5.32 Å². The molecule has 3 rings (SSSR count). The van der Waals surface area contributed by atoms with Gasteiger partial charge in [-0.1, -0.05) is 36.4 Å². The molecular formula is C19H21FN2O4. The van der Waals surface area contributed by atoms with Gasteiger partial charge in [0.1, 0.15) is 18.8 Å². The minimum absolute atomic E-state index is 0.000449. The predicted octanol–water partition coefficient (Wildman–Crippen LogP) is 2.94. The summed E-state index contributed by atoms with van der Waals surface area (Å²) in [7, 11) is 1.59. The lowest BCUT2D eigenvalue weighted by atomic mass is 10.2. The van der Waals surface area contributed by atoms with Crippen molar-refractivity contribution < 1.29 is 23.4 Å². The summed E-state index contributed by atoms with van der Waals surface area (Å²) < 4.78 is 30.7. The Hall–Kier alpha value is -2.64. The van der Waals surface area contributed by atoms with Crippen LogP contribution >= 0.6 is 0 Å². The molecule has 2 aromatic carbocycles. The molecule has 6 nitrogen and oxygen atoms in total. The maximum Gasteiger partial charge on any atom is 0.412 e. The van der Waals surface area contributed by atoms with E-state index >= 15 is 0 Å². The maximum absolute atomic E-state index is 14.6. The molecule has 0 spiro atoms. The molecule has 2 N–H and O–H groups in total. The summed E-state index contributed by atoms with van der Waals surface area (Å²) in [6.45, 7) is 1.31. The molecule has 138 valence electrons. The number of carbonyl (C=O) groups excluding carboxylic acids is 1. The maximum atomic E-state index is 14.6. The topological polar surface area (TPSA) is 68.8 Å². The van der Waals surface area contributed by atoms with E-state index in [4.69, 9.17) is 14.2 Å². The number of hydrogen-bond donors (Lipinski definition) is 2. The van der Waals surface area contributed by atoms with Gasteiger partial charge in [0, 0.05) is 20.2 Å². The van der Waals surface area contributed by atoms with Crippen LogP contribution in [-0.2, 0) is 16.1 Å². The number of anilines is 1. The SMILES string of the molecule is COC1CNCC1Oc1cccc(NC(=O)OCc2ccccc2)c1F. The zero-order chi connectivity index (χ0) is 18.4. The average Bonchev–Trinajstić information content (AvgIpc) is 3.11. The van der Waals surface area contributed by atoms with Crippen molar-refractivity contribution in [2.24, 2.45) is 0 Å². The van der Waals surface area contributed by atoms with E-state index in [1.54, 1.807) is 13.2 Å². The van der Waals surface area contributed by atoms with E-state index < -0.39 is 11.9 Å². The van der Waals surface area contributed by atoms with Crippen LogP contribution in [0, 0.1) is 5.82 Å². The third-order valence-corrected chi connectivity index (χ3v) is 4.10. The summed E-state index contributed by atoms with van der Waals surface area (Å²) in [5.74, 6) is -0.590. The molecule has 0 bridgehead atoms. The number of rotatable bonds is 6. The van der Waals surface area contributed by atoms with Crippen molar-refractivity contribution in [2.45, 2.75) is 18.8 Å². The van der Waals surface area contributed by atoms with Crippen LogP contribution in [0.2, 0.25) is 0 Å². The Labute approximate surface area is 151 Å². The van der Waals surface area contributed by atoms with Crippen LogP contribution in [0.25, 0.3) is 0 Å². The lowest BCUT2D eigenvalue weighted by molar-refractivity contribution is 0.0329. The summed E-state index contributed by atoms with van der Waals surface area (Å²) in [4.78, 5) is 11.9. The number of amides is 1. The second-order valence-electron chi connectivity index (χ2n) is 5.89. The molecule has 2 unspecified atom stereocenters. The molecule has 1 fully saturated rings. The molecule has 0 aromatic heterocycles. The minimum Gasteiger partial charge on any atom is -0.483 e. The van der Waals surface area contributed by atoms with Crippen LogP contribution in [0.4, 0.5) is 14.9 Å². The van der Waals surface area contributed by atoms with Crippen molar-refractivity contribution in [2.75, 3.05) is 25.5 Å². The van der Waals surface area contributed by atoms with E-state index in [2.05, 4.69) is 10.6 Å². The van der Waals surface area contributed by atoms with E-state index in [1.807, 2.05) is 30.3 Å². The van der Waals surface area contributed by atoms with Gasteiger partial charge >= 0.3 is 6.09 Å².